The molecular formula is C14H26BrN3O. The van der Waals surface area contributed by atoms with Crippen molar-refractivity contribution >= 4 is 15.9 Å². The number of methoxy groups -OCH3 is 1. The van der Waals surface area contributed by atoms with Crippen molar-refractivity contribution in [3.05, 3.63) is 15.9 Å². The Bertz CT molecular complexity index is 392. The van der Waals surface area contributed by atoms with Crippen LogP contribution in [0, 0.1) is 0 Å². The van der Waals surface area contributed by atoms with E-state index in [2.05, 4.69) is 46.5 Å². The fourth-order valence-electron chi connectivity index (χ4n) is 2.13. The Morgan fingerprint density at radius 3 is 2.58 bits per heavy atom. The molecule has 4 nitrogen and oxygen atoms in total. The minimum Gasteiger partial charge on any atom is -0.382 e. The van der Waals surface area contributed by atoms with Crippen LogP contribution in [0.4, 0.5) is 0 Å². The molecule has 0 radical (unpaired) electrons. The summed E-state index contributed by atoms with van der Waals surface area (Å²) in [5, 5.41) is 4.60. The van der Waals surface area contributed by atoms with Crippen LogP contribution < -0.4 is 5.73 Å². The monoisotopic (exact) mass is 331 g/mol. The fourth-order valence-corrected chi connectivity index (χ4v) is 2.86. The Balaban J connectivity index is 2.67. The van der Waals surface area contributed by atoms with Gasteiger partial charge in [-0.05, 0) is 49.0 Å². The molecular weight excluding hydrogens is 306 g/mol. The normalized spacial score (nSPS) is 14.6. The van der Waals surface area contributed by atoms with Crippen molar-refractivity contribution < 1.29 is 4.74 Å². The van der Waals surface area contributed by atoms with E-state index >= 15 is 0 Å². The van der Waals surface area contributed by atoms with Crippen molar-refractivity contribution in [3.8, 4) is 0 Å². The molecule has 19 heavy (non-hydrogen) atoms. The maximum Gasteiger partial charge on any atom is 0.0766 e. The average Bonchev–Trinajstić information content (AvgIpc) is 2.72. The third kappa shape index (κ3) is 4.58. The van der Waals surface area contributed by atoms with Gasteiger partial charge in [-0.3, -0.25) is 4.68 Å². The number of halogens is 1. The van der Waals surface area contributed by atoms with Crippen LogP contribution in [0.15, 0.2) is 4.47 Å². The molecule has 0 fully saturated rings. The lowest BCUT2D eigenvalue weighted by Gasteiger charge is -2.15. The second-order valence-electron chi connectivity index (χ2n) is 4.96. The molecule has 0 amide bonds. The molecule has 0 bridgehead atoms. The minimum absolute atomic E-state index is 0.153. The molecule has 0 saturated heterocycles. The van der Waals surface area contributed by atoms with E-state index in [9.17, 15) is 0 Å². The molecule has 0 aliphatic carbocycles. The summed E-state index contributed by atoms with van der Waals surface area (Å²) in [6.45, 7) is 7.20. The van der Waals surface area contributed by atoms with Gasteiger partial charge in [0.15, 0.2) is 0 Å². The molecule has 1 aromatic rings. The van der Waals surface area contributed by atoms with E-state index in [0.29, 0.717) is 0 Å². The van der Waals surface area contributed by atoms with Crippen LogP contribution >= 0.6 is 15.9 Å². The Morgan fingerprint density at radius 2 is 2.05 bits per heavy atom. The predicted molar refractivity (Wildman–Crippen MR) is 82.4 cm³/mol. The van der Waals surface area contributed by atoms with Crippen molar-refractivity contribution in [2.75, 3.05) is 7.11 Å². The molecule has 110 valence electrons. The van der Waals surface area contributed by atoms with Crippen molar-refractivity contribution in [2.45, 2.75) is 65.1 Å². The molecule has 0 aliphatic rings. The Hall–Kier alpha value is -0.390. The highest BCUT2D eigenvalue weighted by atomic mass is 79.9. The number of hydrogen-bond acceptors (Lipinski definition) is 3. The summed E-state index contributed by atoms with van der Waals surface area (Å²) in [6, 6.07) is 0.153. The van der Waals surface area contributed by atoms with E-state index in [1.54, 1.807) is 7.11 Å². The maximum atomic E-state index is 6.23. The van der Waals surface area contributed by atoms with Crippen molar-refractivity contribution in [2.24, 2.45) is 5.73 Å². The lowest BCUT2D eigenvalue weighted by atomic mass is 10.0. The number of hydrogen-bond donors (Lipinski definition) is 1. The third-order valence-electron chi connectivity index (χ3n) is 3.50. The van der Waals surface area contributed by atoms with Crippen LogP contribution in [-0.4, -0.2) is 29.0 Å². The van der Waals surface area contributed by atoms with Gasteiger partial charge in [0.05, 0.1) is 22.0 Å². The van der Waals surface area contributed by atoms with Crippen LogP contribution in [0.25, 0.3) is 0 Å². The van der Waals surface area contributed by atoms with Crippen molar-refractivity contribution in [1.29, 1.82) is 0 Å². The standard InChI is InChI=1S/C14H26BrN3O/c1-5-12-14(15)13(18(6-2)17-12)9-11(16)8-7-10(3)19-4/h10-11H,5-9,16H2,1-4H3. The summed E-state index contributed by atoms with van der Waals surface area (Å²) in [5.74, 6) is 0. The van der Waals surface area contributed by atoms with E-state index < -0.39 is 0 Å². The summed E-state index contributed by atoms with van der Waals surface area (Å²) in [7, 11) is 1.74. The number of rotatable bonds is 8. The molecule has 1 heterocycles. The Kier molecular flexibility index (Phi) is 7.04. The lowest BCUT2D eigenvalue weighted by molar-refractivity contribution is 0.107. The highest BCUT2D eigenvalue weighted by Crippen LogP contribution is 2.24. The predicted octanol–water partition coefficient (Wildman–Crippen LogP) is 2.91. The Morgan fingerprint density at radius 1 is 1.37 bits per heavy atom. The highest BCUT2D eigenvalue weighted by Gasteiger charge is 2.17. The number of ether oxygens (including phenoxy) is 1. The summed E-state index contributed by atoms with van der Waals surface area (Å²) < 4.78 is 8.45. The highest BCUT2D eigenvalue weighted by molar-refractivity contribution is 9.10. The summed E-state index contributed by atoms with van der Waals surface area (Å²) in [4.78, 5) is 0. The largest absolute Gasteiger partial charge is 0.382 e. The summed E-state index contributed by atoms with van der Waals surface area (Å²) >= 11 is 3.66. The average molecular weight is 332 g/mol. The van der Waals surface area contributed by atoms with Crippen LogP contribution in [0.5, 0.6) is 0 Å². The number of nitrogens with two attached hydrogens (primary N) is 1. The number of nitrogens with zero attached hydrogens (tertiary/aromatic N) is 2. The van der Waals surface area contributed by atoms with Crippen molar-refractivity contribution in [3.63, 3.8) is 0 Å². The molecule has 0 aromatic carbocycles. The first-order chi connectivity index (χ1) is 9.03. The molecule has 0 saturated carbocycles. The third-order valence-corrected chi connectivity index (χ3v) is 4.41. The second kappa shape index (κ2) is 8.02. The van der Waals surface area contributed by atoms with E-state index in [-0.39, 0.29) is 12.1 Å². The molecule has 2 unspecified atom stereocenters. The lowest BCUT2D eigenvalue weighted by Crippen LogP contribution is -2.26. The van der Waals surface area contributed by atoms with Gasteiger partial charge in [-0.15, -0.1) is 0 Å². The first kappa shape index (κ1) is 16.7. The van der Waals surface area contributed by atoms with Gasteiger partial charge in [-0.25, -0.2) is 0 Å². The molecule has 2 atom stereocenters. The van der Waals surface area contributed by atoms with Crippen LogP contribution in [0.2, 0.25) is 0 Å². The van der Waals surface area contributed by atoms with Gasteiger partial charge in [-0.2, -0.15) is 5.10 Å². The number of aryl methyl sites for hydroxylation is 2. The SMILES string of the molecule is CCc1nn(CC)c(CC(N)CCC(C)OC)c1Br. The summed E-state index contributed by atoms with van der Waals surface area (Å²) in [6.07, 6.45) is 4.04. The topological polar surface area (TPSA) is 53.1 Å². The van der Waals surface area contributed by atoms with Crippen molar-refractivity contribution in [1.82, 2.24) is 9.78 Å². The van der Waals surface area contributed by atoms with Gasteiger partial charge in [0.25, 0.3) is 0 Å². The molecule has 5 heteroatoms. The van der Waals surface area contributed by atoms with E-state index in [4.69, 9.17) is 10.5 Å². The molecule has 1 rings (SSSR count). The first-order valence-electron chi connectivity index (χ1n) is 7.05. The zero-order valence-electron chi connectivity index (χ0n) is 12.4. The van der Waals surface area contributed by atoms with Gasteiger partial charge in [0, 0.05) is 26.1 Å². The fraction of sp³-hybridized carbons (Fsp3) is 0.786. The quantitative estimate of drug-likeness (QED) is 0.796. The van der Waals surface area contributed by atoms with Crippen LogP contribution in [0.1, 0.15) is 45.0 Å². The van der Waals surface area contributed by atoms with E-state index in [0.717, 1.165) is 42.4 Å². The van der Waals surface area contributed by atoms with Gasteiger partial charge >= 0.3 is 0 Å². The Labute approximate surface area is 124 Å². The minimum atomic E-state index is 0.153. The zero-order chi connectivity index (χ0) is 14.4. The molecule has 1 aromatic heterocycles. The van der Waals surface area contributed by atoms with Gasteiger partial charge in [0.2, 0.25) is 0 Å². The van der Waals surface area contributed by atoms with Gasteiger partial charge < -0.3 is 10.5 Å². The van der Waals surface area contributed by atoms with E-state index in [1.165, 1.54) is 5.69 Å². The van der Waals surface area contributed by atoms with Crippen LogP contribution in [-0.2, 0) is 24.1 Å². The zero-order valence-corrected chi connectivity index (χ0v) is 14.0. The van der Waals surface area contributed by atoms with E-state index in [1.807, 2.05) is 0 Å². The maximum absolute atomic E-state index is 6.23. The van der Waals surface area contributed by atoms with Gasteiger partial charge in [-0.1, -0.05) is 6.92 Å². The second-order valence-corrected chi connectivity index (χ2v) is 5.76. The first-order valence-corrected chi connectivity index (χ1v) is 7.85. The van der Waals surface area contributed by atoms with Crippen LogP contribution in [0.3, 0.4) is 0 Å². The molecule has 0 aliphatic heterocycles. The van der Waals surface area contributed by atoms with Gasteiger partial charge in [0.1, 0.15) is 0 Å². The molecule has 2 N–H and O–H groups in total. The smallest absolute Gasteiger partial charge is 0.0766 e. The summed E-state index contributed by atoms with van der Waals surface area (Å²) in [5.41, 5.74) is 8.57. The molecule has 0 spiro atoms. The number of aromatic nitrogens is 2.